The average molecular weight is 275 g/mol. The van der Waals surface area contributed by atoms with Gasteiger partial charge in [0.2, 0.25) is 5.76 Å². The van der Waals surface area contributed by atoms with Gasteiger partial charge in [0.15, 0.2) is 0 Å². The Morgan fingerprint density at radius 3 is 2.50 bits per heavy atom. The number of carbonyl (C=O) groups excluding carboxylic acids is 1. The largest absolute Gasteiger partial charge is 0.456 e. The van der Waals surface area contributed by atoms with Crippen molar-refractivity contribution in [3.8, 4) is 0 Å². The number of aryl methyl sites for hydroxylation is 2. The van der Waals surface area contributed by atoms with Crippen molar-refractivity contribution in [2.24, 2.45) is 17.8 Å². The Balaban J connectivity index is 1.50. The molecule has 4 heterocycles. The minimum Gasteiger partial charge on any atom is -0.456 e. The van der Waals surface area contributed by atoms with Gasteiger partial charge in [-0.3, -0.25) is 0 Å². The van der Waals surface area contributed by atoms with Crippen LogP contribution in [0, 0.1) is 31.6 Å². The molecule has 3 aliphatic heterocycles. The predicted octanol–water partition coefficient (Wildman–Crippen LogP) is 2.39. The van der Waals surface area contributed by atoms with Gasteiger partial charge in [-0.2, -0.15) is 0 Å². The second-order valence-corrected chi connectivity index (χ2v) is 6.80. The van der Waals surface area contributed by atoms with Crippen molar-refractivity contribution in [2.45, 2.75) is 32.8 Å². The monoisotopic (exact) mass is 275 g/mol. The van der Waals surface area contributed by atoms with E-state index in [1.54, 1.807) is 6.07 Å². The van der Waals surface area contributed by atoms with E-state index in [1.165, 1.54) is 19.4 Å². The van der Waals surface area contributed by atoms with E-state index < -0.39 is 0 Å². The molecular weight excluding hydrogens is 254 g/mol. The Kier molecular flexibility index (Phi) is 2.71. The molecule has 4 aliphatic rings. The number of hydrogen-bond acceptors (Lipinski definition) is 4. The Morgan fingerprint density at radius 1 is 1.25 bits per heavy atom. The highest BCUT2D eigenvalue weighted by Gasteiger charge is 2.49. The van der Waals surface area contributed by atoms with E-state index in [-0.39, 0.29) is 12.1 Å². The molecule has 4 nitrogen and oxygen atoms in total. The maximum absolute atomic E-state index is 12.3. The number of hydrogen-bond donors (Lipinski definition) is 0. The fourth-order valence-electron chi connectivity index (χ4n) is 4.41. The zero-order chi connectivity index (χ0) is 13.9. The molecule has 4 fully saturated rings. The summed E-state index contributed by atoms with van der Waals surface area (Å²) < 4.78 is 11.3. The van der Waals surface area contributed by atoms with E-state index >= 15 is 0 Å². The Morgan fingerprint density at radius 2 is 1.95 bits per heavy atom. The van der Waals surface area contributed by atoms with Crippen LogP contribution in [0.2, 0.25) is 0 Å². The lowest BCUT2D eigenvalue weighted by molar-refractivity contribution is -0.117. The first kappa shape index (κ1) is 12.5. The highest BCUT2D eigenvalue weighted by atomic mass is 16.6. The molecule has 1 aliphatic carbocycles. The molecule has 1 saturated carbocycles. The standard InChI is InChI=1S/C16H21NO3/c1-9-3-14(19-10(9)2)16(18)20-15-12-4-11-5-13(15)8-17(6-11)7-12/h3,11-13,15H,4-8H2,1-2H3. The van der Waals surface area contributed by atoms with E-state index in [2.05, 4.69) is 4.90 Å². The lowest BCUT2D eigenvalue weighted by atomic mass is 9.66. The van der Waals surface area contributed by atoms with Gasteiger partial charge in [0.25, 0.3) is 0 Å². The molecule has 1 aromatic heterocycles. The molecular formula is C16H21NO3. The lowest BCUT2D eigenvalue weighted by Crippen LogP contribution is -2.60. The summed E-state index contributed by atoms with van der Waals surface area (Å²) >= 11 is 0. The summed E-state index contributed by atoms with van der Waals surface area (Å²) in [6.07, 6.45) is 2.54. The van der Waals surface area contributed by atoms with E-state index in [9.17, 15) is 4.79 Å². The minimum absolute atomic E-state index is 0.0982. The molecule has 0 radical (unpaired) electrons. The highest BCUT2D eigenvalue weighted by molar-refractivity contribution is 5.86. The summed E-state index contributed by atoms with van der Waals surface area (Å²) in [5.74, 6) is 2.76. The zero-order valence-electron chi connectivity index (χ0n) is 12.1. The molecule has 2 atom stereocenters. The van der Waals surface area contributed by atoms with Gasteiger partial charge in [0, 0.05) is 31.5 Å². The molecule has 1 aromatic rings. The first-order valence-corrected chi connectivity index (χ1v) is 7.60. The number of esters is 1. The van der Waals surface area contributed by atoms with Crippen LogP contribution in [0.5, 0.6) is 0 Å². The van der Waals surface area contributed by atoms with Gasteiger partial charge in [-0.25, -0.2) is 4.79 Å². The van der Waals surface area contributed by atoms with Crippen LogP contribution in [-0.4, -0.2) is 36.6 Å². The van der Waals surface area contributed by atoms with Crippen LogP contribution >= 0.6 is 0 Å². The second-order valence-electron chi connectivity index (χ2n) is 6.80. The van der Waals surface area contributed by atoms with Gasteiger partial charge < -0.3 is 14.1 Å². The molecule has 108 valence electrons. The van der Waals surface area contributed by atoms with Crippen LogP contribution in [0.25, 0.3) is 0 Å². The van der Waals surface area contributed by atoms with Gasteiger partial charge in [-0.15, -0.1) is 0 Å². The topological polar surface area (TPSA) is 42.7 Å². The maximum atomic E-state index is 12.3. The van der Waals surface area contributed by atoms with Crippen molar-refractivity contribution in [3.63, 3.8) is 0 Å². The number of nitrogens with zero attached hydrogens (tertiary/aromatic N) is 1. The van der Waals surface area contributed by atoms with Crippen LogP contribution < -0.4 is 0 Å². The zero-order valence-corrected chi connectivity index (χ0v) is 12.1. The fourth-order valence-corrected chi connectivity index (χ4v) is 4.41. The van der Waals surface area contributed by atoms with Crippen LogP contribution in [0.15, 0.2) is 10.5 Å². The van der Waals surface area contributed by atoms with E-state index in [4.69, 9.17) is 9.15 Å². The van der Waals surface area contributed by atoms with Gasteiger partial charge in [-0.05, 0) is 44.2 Å². The SMILES string of the molecule is Cc1cc(C(=O)OC2C3CC4CC2CN(C4)C3)oc1C. The van der Waals surface area contributed by atoms with Crippen molar-refractivity contribution < 1.29 is 13.9 Å². The third kappa shape index (κ3) is 1.89. The Bertz CT molecular complexity index is 500. The number of ether oxygens (including phenoxy) is 1. The van der Waals surface area contributed by atoms with E-state index in [0.717, 1.165) is 30.3 Å². The van der Waals surface area contributed by atoms with E-state index in [0.29, 0.717) is 17.6 Å². The van der Waals surface area contributed by atoms with Gasteiger partial charge in [-0.1, -0.05) is 0 Å². The normalized spacial score (nSPS) is 38.2. The molecule has 3 saturated heterocycles. The van der Waals surface area contributed by atoms with Crippen LogP contribution in [0.4, 0.5) is 0 Å². The summed E-state index contributed by atoms with van der Waals surface area (Å²) in [7, 11) is 0. The molecule has 4 heteroatoms. The van der Waals surface area contributed by atoms with Gasteiger partial charge in [0.1, 0.15) is 11.9 Å². The summed E-state index contributed by atoms with van der Waals surface area (Å²) in [5, 5.41) is 0. The van der Waals surface area contributed by atoms with Crippen molar-refractivity contribution >= 4 is 5.97 Å². The van der Waals surface area contributed by atoms with Gasteiger partial charge >= 0.3 is 5.97 Å². The molecule has 0 N–H and O–H groups in total. The van der Waals surface area contributed by atoms with Crippen molar-refractivity contribution in [2.75, 3.05) is 19.6 Å². The Hall–Kier alpha value is -1.29. The molecule has 0 aromatic carbocycles. The number of carbonyl (C=O) groups is 1. The first-order chi connectivity index (χ1) is 9.60. The van der Waals surface area contributed by atoms with Crippen LogP contribution in [0.1, 0.15) is 34.7 Å². The van der Waals surface area contributed by atoms with Gasteiger partial charge in [0.05, 0.1) is 0 Å². The predicted molar refractivity (Wildman–Crippen MR) is 73.5 cm³/mol. The average Bonchev–Trinajstić information content (AvgIpc) is 2.73. The first-order valence-electron chi connectivity index (χ1n) is 7.60. The molecule has 4 bridgehead atoms. The molecule has 20 heavy (non-hydrogen) atoms. The van der Waals surface area contributed by atoms with Crippen molar-refractivity contribution in [1.29, 1.82) is 0 Å². The molecule has 2 unspecified atom stereocenters. The molecule has 0 spiro atoms. The van der Waals surface area contributed by atoms with Crippen molar-refractivity contribution in [1.82, 2.24) is 4.90 Å². The fraction of sp³-hybridized carbons (Fsp3) is 0.688. The third-order valence-corrected chi connectivity index (χ3v) is 5.31. The maximum Gasteiger partial charge on any atom is 0.374 e. The molecule has 0 amide bonds. The number of piperidine rings is 3. The van der Waals surface area contributed by atoms with E-state index in [1.807, 2.05) is 13.8 Å². The van der Waals surface area contributed by atoms with Crippen molar-refractivity contribution in [3.05, 3.63) is 23.2 Å². The summed E-state index contributed by atoms with van der Waals surface area (Å²) in [4.78, 5) is 14.8. The third-order valence-electron chi connectivity index (χ3n) is 5.31. The molecule has 5 rings (SSSR count). The Labute approximate surface area is 119 Å². The highest BCUT2D eigenvalue weighted by Crippen LogP contribution is 2.44. The lowest BCUT2D eigenvalue weighted by Gasteiger charge is -2.54. The summed E-state index contributed by atoms with van der Waals surface area (Å²) in [6.45, 7) is 7.28. The van der Waals surface area contributed by atoms with Crippen LogP contribution in [-0.2, 0) is 4.74 Å². The summed E-state index contributed by atoms with van der Waals surface area (Å²) in [5.41, 5.74) is 1.01. The number of furan rings is 1. The minimum atomic E-state index is -0.284. The summed E-state index contributed by atoms with van der Waals surface area (Å²) in [6, 6.07) is 1.79. The smallest absolute Gasteiger partial charge is 0.374 e. The number of rotatable bonds is 2. The van der Waals surface area contributed by atoms with Crippen LogP contribution in [0.3, 0.4) is 0 Å². The second kappa shape index (κ2) is 4.35. The quantitative estimate of drug-likeness (QED) is 0.777.